The van der Waals surface area contributed by atoms with E-state index in [9.17, 15) is 5.11 Å². The first-order valence-electron chi connectivity index (χ1n) is 5.88. The van der Waals surface area contributed by atoms with Gasteiger partial charge in [-0.25, -0.2) is 0 Å². The summed E-state index contributed by atoms with van der Waals surface area (Å²) >= 11 is 0. The highest BCUT2D eigenvalue weighted by Gasteiger charge is 2.35. The molecule has 1 aromatic rings. The van der Waals surface area contributed by atoms with E-state index in [4.69, 9.17) is 0 Å². The molecule has 4 nitrogen and oxygen atoms in total. The minimum Gasteiger partial charge on any atom is -0.391 e. The average molecular weight is 223 g/mol. The van der Waals surface area contributed by atoms with Crippen molar-refractivity contribution in [1.82, 2.24) is 9.78 Å². The zero-order valence-corrected chi connectivity index (χ0v) is 10.6. The van der Waals surface area contributed by atoms with Gasteiger partial charge in [0.15, 0.2) is 0 Å². The Hall–Kier alpha value is -1.03. The number of aliphatic hydroxyl groups is 1. The average Bonchev–Trinajstić information content (AvgIpc) is 2.65. The Balaban J connectivity index is 2.47. The summed E-state index contributed by atoms with van der Waals surface area (Å²) in [4.78, 5) is 2.37. The second-order valence-electron chi connectivity index (χ2n) is 5.24. The Morgan fingerprint density at radius 1 is 1.44 bits per heavy atom. The number of anilines is 1. The molecule has 4 heteroatoms. The minimum absolute atomic E-state index is 0.0710. The molecule has 0 radical (unpaired) electrons. The van der Waals surface area contributed by atoms with Crippen LogP contribution in [0.5, 0.6) is 0 Å². The predicted molar refractivity (Wildman–Crippen MR) is 64.5 cm³/mol. The van der Waals surface area contributed by atoms with Crippen LogP contribution >= 0.6 is 0 Å². The Morgan fingerprint density at radius 2 is 2.12 bits per heavy atom. The van der Waals surface area contributed by atoms with Crippen molar-refractivity contribution >= 4 is 5.82 Å². The monoisotopic (exact) mass is 223 g/mol. The molecule has 0 aliphatic carbocycles. The topological polar surface area (TPSA) is 41.3 Å². The van der Waals surface area contributed by atoms with Gasteiger partial charge in [-0.2, -0.15) is 5.10 Å². The zero-order valence-electron chi connectivity index (χ0n) is 10.6. The summed E-state index contributed by atoms with van der Waals surface area (Å²) in [5.41, 5.74) is 2.07. The van der Waals surface area contributed by atoms with Crippen LogP contribution in [0.3, 0.4) is 0 Å². The molecular weight excluding hydrogens is 202 g/mol. The number of aryl methyl sites for hydroxylation is 2. The van der Waals surface area contributed by atoms with Gasteiger partial charge in [0, 0.05) is 24.7 Å². The molecule has 90 valence electrons. The Kier molecular flexibility index (Phi) is 2.70. The Labute approximate surface area is 96.9 Å². The van der Waals surface area contributed by atoms with Gasteiger partial charge in [-0.05, 0) is 33.6 Å². The number of aliphatic hydroxyl groups excluding tert-OH is 1. The molecule has 0 atom stereocenters. The number of hydrogen-bond donors (Lipinski definition) is 1. The standard InChI is InChI=1S/C12H21N3O/c1-9-10(8-16)11(14(4)13-9)15-7-5-6-12(15,2)3/h16H,5-8H2,1-4H3. The van der Waals surface area contributed by atoms with E-state index in [0.29, 0.717) is 0 Å². The molecule has 1 aromatic heterocycles. The highest BCUT2D eigenvalue weighted by Crippen LogP contribution is 2.36. The molecule has 1 aliphatic rings. The molecular formula is C12H21N3O. The van der Waals surface area contributed by atoms with Crippen LogP contribution in [0.1, 0.15) is 37.9 Å². The third-order valence-corrected chi connectivity index (χ3v) is 3.63. The van der Waals surface area contributed by atoms with Gasteiger partial charge in [-0.3, -0.25) is 4.68 Å². The molecule has 1 fully saturated rings. The molecule has 0 amide bonds. The van der Waals surface area contributed by atoms with Gasteiger partial charge < -0.3 is 10.0 Å². The van der Waals surface area contributed by atoms with Gasteiger partial charge in [-0.15, -0.1) is 0 Å². The number of rotatable bonds is 2. The van der Waals surface area contributed by atoms with Crippen LogP contribution in [-0.2, 0) is 13.7 Å². The molecule has 0 saturated carbocycles. The molecule has 0 unspecified atom stereocenters. The number of nitrogens with zero attached hydrogens (tertiary/aromatic N) is 3. The largest absolute Gasteiger partial charge is 0.391 e. The van der Waals surface area contributed by atoms with E-state index in [1.807, 2.05) is 18.7 Å². The Morgan fingerprint density at radius 3 is 2.62 bits per heavy atom. The van der Waals surface area contributed by atoms with Gasteiger partial charge in [0.2, 0.25) is 0 Å². The van der Waals surface area contributed by atoms with Crippen LogP contribution in [0.2, 0.25) is 0 Å². The van der Waals surface area contributed by atoms with E-state index in [1.165, 1.54) is 12.8 Å². The maximum atomic E-state index is 9.46. The van der Waals surface area contributed by atoms with Crippen LogP contribution < -0.4 is 4.90 Å². The summed E-state index contributed by atoms with van der Waals surface area (Å²) in [6, 6.07) is 0. The summed E-state index contributed by atoms with van der Waals surface area (Å²) < 4.78 is 1.90. The van der Waals surface area contributed by atoms with Gasteiger partial charge >= 0.3 is 0 Å². The maximum absolute atomic E-state index is 9.46. The lowest BCUT2D eigenvalue weighted by atomic mass is 10.0. The van der Waals surface area contributed by atoms with Crippen LogP contribution in [0.25, 0.3) is 0 Å². The van der Waals surface area contributed by atoms with E-state index in [1.54, 1.807) is 0 Å². The molecule has 2 rings (SSSR count). The van der Waals surface area contributed by atoms with Gasteiger partial charge in [0.05, 0.1) is 12.3 Å². The van der Waals surface area contributed by atoms with Crippen LogP contribution in [0, 0.1) is 6.92 Å². The van der Waals surface area contributed by atoms with Crippen molar-refractivity contribution in [3.05, 3.63) is 11.3 Å². The Bertz CT molecular complexity index is 395. The van der Waals surface area contributed by atoms with Gasteiger partial charge in [-0.1, -0.05) is 0 Å². The fourth-order valence-electron chi connectivity index (χ4n) is 2.71. The van der Waals surface area contributed by atoms with E-state index in [0.717, 1.165) is 23.6 Å². The summed E-state index contributed by atoms with van der Waals surface area (Å²) in [7, 11) is 1.95. The molecule has 0 aromatic carbocycles. The lowest BCUT2D eigenvalue weighted by Crippen LogP contribution is -2.39. The molecule has 2 heterocycles. The van der Waals surface area contributed by atoms with Crippen LogP contribution in [0.15, 0.2) is 0 Å². The predicted octanol–water partition coefficient (Wildman–Crippen LogP) is 1.60. The summed E-state index contributed by atoms with van der Waals surface area (Å²) in [5.74, 6) is 1.09. The second kappa shape index (κ2) is 3.77. The first-order valence-corrected chi connectivity index (χ1v) is 5.88. The molecule has 0 spiro atoms. The van der Waals surface area contributed by atoms with Crippen molar-refractivity contribution in [2.45, 2.75) is 45.8 Å². The zero-order chi connectivity index (χ0) is 11.9. The van der Waals surface area contributed by atoms with E-state index in [-0.39, 0.29) is 12.1 Å². The smallest absolute Gasteiger partial charge is 0.132 e. The van der Waals surface area contributed by atoms with Crippen molar-refractivity contribution in [2.75, 3.05) is 11.4 Å². The van der Waals surface area contributed by atoms with E-state index < -0.39 is 0 Å². The van der Waals surface area contributed by atoms with Crippen molar-refractivity contribution in [3.63, 3.8) is 0 Å². The quantitative estimate of drug-likeness (QED) is 0.828. The summed E-state index contributed by atoms with van der Waals surface area (Å²) in [6.07, 6.45) is 2.41. The third-order valence-electron chi connectivity index (χ3n) is 3.63. The minimum atomic E-state index is 0.0710. The first-order chi connectivity index (χ1) is 7.47. The first kappa shape index (κ1) is 11.5. The lowest BCUT2D eigenvalue weighted by molar-refractivity contribution is 0.281. The number of aromatic nitrogens is 2. The maximum Gasteiger partial charge on any atom is 0.132 e. The highest BCUT2D eigenvalue weighted by atomic mass is 16.3. The van der Waals surface area contributed by atoms with Crippen molar-refractivity contribution in [3.8, 4) is 0 Å². The fourth-order valence-corrected chi connectivity index (χ4v) is 2.71. The van der Waals surface area contributed by atoms with Crippen LogP contribution in [0.4, 0.5) is 5.82 Å². The SMILES string of the molecule is Cc1nn(C)c(N2CCCC2(C)C)c1CO. The van der Waals surface area contributed by atoms with Crippen molar-refractivity contribution in [1.29, 1.82) is 0 Å². The lowest BCUT2D eigenvalue weighted by Gasteiger charge is -2.34. The molecule has 0 bridgehead atoms. The molecule has 1 saturated heterocycles. The van der Waals surface area contributed by atoms with Gasteiger partial charge in [0.1, 0.15) is 5.82 Å². The summed E-state index contributed by atoms with van der Waals surface area (Å²) in [6.45, 7) is 7.59. The number of hydrogen-bond acceptors (Lipinski definition) is 3. The molecule has 16 heavy (non-hydrogen) atoms. The highest BCUT2D eigenvalue weighted by molar-refractivity contribution is 5.52. The van der Waals surface area contributed by atoms with Crippen molar-refractivity contribution in [2.24, 2.45) is 7.05 Å². The van der Waals surface area contributed by atoms with Crippen LogP contribution in [-0.4, -0.2) is 27.0 Å². The van der Waals surface area contributed by atoms with Crippen molar-refractivity contribution < 1.29 is 5.11 Å². The third kappa shape index (κ3) is 1.61. The van der Waals surface area contributed by atoms with E-state index in [2.05, 4.69) is 23.8 Å². The molecule has 1 aliphatic heterocycles. The fraction of sp³-hybridized carbons (Fsp3) is 0.750. The normalized spacial score (nSPS) is 19.4. The second-order valence-corrected chi connectivity index (χ2v) is 5.24. The van der Waals surface area contributed by atoms with Gasteiger partial charge in [0.25, 0.3) is 0 Å². The summed E-state index contributed by atoms with van der Waals surface area (Å²) in [5, 5.41) is 13.9. The van der Waals surface area contributed by atoms with E-state index >= 15 is 0 Å². The molecule has 1 N–H and O–H groups in total.